The first-order valence-electron chi connectivity index (χ1n) is 5.08. The van der Waals surface area contributed by atoms with Crippen LogP contribution in [-0.4, -0.2) is 49.4 Å². The number of carboxylic acids is 1. The number of aromatic amines is 1. The van der Waals surface area contributed by atoms with Crippen molar-refractivity contribution in [1.82, 2.24) is 20.5 Å². The van der Waals surface area contributed by atoms with E-state index in [4.69, 9.17) is 5.11 Å². The standard InChI is InChI=1S/C9H14N4O4/c1-3-5-10-7(13-12-5)8(15)11-6(4(2)14)9(16)17/h4,6,14H,3H2,1-2H3,(H,11,15)(H,16,17)(H,10,12,13)/t4-,6+/m1/s1. The number of hydrogen-bond acceptors (Lipinski definition) is 5. The minimum absolute atomic E-state index is 0.145. The Balaban J connectivity index is 2.73. The van der Waals surface area contributed by atoms with Gasteiger partial charge in [-0.25, -0.2) is 9.78 Å². The smallest absolute Gasteiger partial charge is 0.328 e. The van der Waals surface area contributed by atoms with Crippen LogP contribution in [0.1, 0.15) is 30.3 Å². The lowest BCUT2D eigenvalue weighted by atomic mass is 10.2. The fraction of sp³-hybridized carbons (Fsp3) is 0.556. The number of rotatable bonds is 5. The van der Waals surface area contributed by atoms with E-state index in [1.54, 1.807) is 0 Å². The summed E-state index contributed by atoms with van der Waals surface area (Å²) in [7, 11) is 0. The number of nitrogens with one attached hydrogen (secondary N) is 2. The quantitative estimate of drug-likeness (QED) is 0.520. The Bertz CT molecular complexity index is 415. The molecule has 0 bridgehead atoms. The average molecular weight is 242 g/mol. The first-order chi connectivity index (χ1) is 7.95. The molecule has 8 nitrogen and oxygen atoms in total. The number of amides is 1. The van der Waals surface area contributed by atoms with Gasteiger partial charge in [0.25, 0.3) is 5.91 Å². The first-order valence-corrected chi connectivity index (χ1v) is 5.08. The van der Waals surface area contributed by atoms with Gasteiger partial charge in [-0.15, -0.1) is 5.10 Å². The van der Waals surface area contributed by atoms with E-state index in [0.717, 1.165) is 0 Å². The van der Waals surface area contributed by atoms with Crippen LogP contribution in [-0.2, 0) is 11.2 Å². The van der Waals surface area contributed by atoms with Gasteiger partial charge in [0.15, 0.2) is 6.04 Å². The highest BCUT2D eigenvalue weighted by molar-refractivity contribution is 5.93. The molecule has 1 amide bonds. The van der Waals surface area contributed by atoms with Crippen LogP contribution in [0.2, 0.25) is 0 Å². The highest BCUT2D eigenvalue weighted by Crippen LogP contribution is 1.98. The second-order valence-corrected chi connectivity index (χ2v) is 3.49. The van der Waals surface area contributed by atoms with Gasteiger partial charge in [0.2, 0.25) is 5.82 Å². The number of aromatic nitrogens is 3. The van der Waals surface area contributed by atoms with Crippen molar-refractivity contribution in [3.05, 3.63) is 11.6 Å². The van der Waals surface area contributed by atoms with Crippen molar-refractivity contribution in [3.63, 3.8) is 0 Å². The summed E-state index contributed by atoms with van der Waals surface area (Å²) in [4.78, 5) is 26.2. The molecular weight excluding hydrogens is 228 g/mol. The van der Waals surface area contributed by atoms with Crippen molar-refractivity contribution in [2.75, 3.05) is 0 Å². The molecule has 0 radical (unpaired) electrons. The van der Waals surface area contributed by atoms with Crippen LogP contribution in [0.15, 0.2) is 0 Å². The lowest BCUT2D eigenvalue weighted by Gasteiger charge is -2.15. The minimum atomic E-state index is -1.38. The molecule has 0 saturated heterocycles. The highest BCUT2D eigenvalue weighted by atomic mass is 16.4. The first kappa shape index (κ1) is 13.1. The summed E-state index contributed by atoms with van der Waals surface area (Å²) < 4.78 is 0. The number of hydrogen-bond donors (Lipinski definition) is 4. The Morgan fingerprint density at radius 2 is 2.18 bits per heavy atom. The topological polar surface area (TPSA) is 128 Å². The number of H-pyrrole nitrogens is 1. The maximum atomic E-state index is 11.6. The normalized spacial score (nSPS) is 14.1. The number of aliphatic carboxylic acids is 1. The van der Waals surface area contributed by atoms with Crippen molar-refractivity contribution in [3.8, 4) is 0 Å². The zero-order chi connectivity index (χ0) is 13.0. The van der Waals surface area contributed by atoms with Gasteiger partial charge in [-0.05, 0) is 6.92 Å². The van der Waals surface area contributed by atoms with E-state index < -0.39 is 24.0 Å². The Labute approximate surface area is 97.1 Å². The summed E-state index contributed by atoms with van der Waals surface area (Å²) in [5, 5.41) is 26.3. The molecule has 1 heterocycles. The molecule has 8 heteroatoms. The molecule has 0 unspecified atom stereocenters. The van der Waals surface area contributed by atoms with Crippen LogP contribution in [0.25, 0.3) is 0 Å². The zero-order valence-corrected chi connectivity index (χ0v) is 9.47. The Morgan fingerprint density at radius 1 is 1.53 bits per heavy atom. The molecule has 0 saturated carbocycles. The van der Waals surface area contributed by atoms with E-state index in [9.17, 15) is 14.7 Å². The molecule has 1 rings (SSSR count). The Kier molecular flexibility index (Phi) is 4.16. The summed E-state index contributed by atoms with van der Waals surface area (Å²) in [5.41, 5.74) is 0. The second kappa shape index (κ2) is 5.39. The van der Waals surface area contributed by atoms with E-state index in [-0.39, 0.29) is 5.82 Å². The molecule has 1 aromatic rings. The summed E-state index contributed by atoms with van der Waals surface area (Å²) >= 11 is 0. The number of carbonyl (C=O) groups is 2. The molecule has 4 N–H and O–H groups in total. The van der Waals surface area contributed by atoms with E-state index in [1.807, 2.05) is 6.92 Å². The van der Waals surface area contributed by atoms with Gasteiger partial charge in [-0.2, -0.15) is 0 Å². The number of aliphatic hydroxyl groups is 1. The summed E-state index contributed by atoms with van der Waals surface area (Å²) in [6.45, 7) is 3.10. The van der Waals surface area contributed by atoms with Crippen LogP contribution < -0.4 is 5.32 Å². The molecule has 0 aliphatic rings. The monoisotopic (exact) mass is 242 g/mol. The molecular formula is C9H14N4O4. The van der Waals surface area contributed by atoms with Gasteiger partial charge >= 0.3 is 5.97 Å². The van der Waals surface area contributed by atoms with Crippen molar-refractivity contribution < 1.29 is 19.8 Å². The SMILES string of the molecule is CCc1nc(C(=O)N[C@H](C(=O)O)[C@@H](C)O)n[nH]1. The fourth-order valence-electron chi connectivity index (χ4n) is 1.15. The third-order valence-corrected chi connectivity index (χ3v) is 2.10. The van der Waals surface area contributed by atoms with Crippen LogP contribution in [0.5, 0.6) is 0 Å². The van der Waals surface area contributed by atoms with E-state index in [2.05, 4.69) is 20.5 Å². The highest BCUT2D eigenvalue weighted by Gasteiger charge is 2.26. The Hall–Kier alpha value is -1.96. The van der Waals surface area contributed by atoms with Gasteiger partial charge < -0.3 is 15.5 Å². The van der Waals surface area contributed by atoms with Crippen LogP contribution in [0.4, 0.5) is 0 Å². The van der Waals surface area contributed by atoms with Crippen molar-refractivity contribution >= 4 is 11.9 Å². The van der Waals surface area contributed by atoms with Crippen LogP contribution >= 0.6 is 0 Å². The van der Waals surface area contributed by atoms with Gasteiger partial charge in [0.1, 0.15) is 5.82 Å². The van der Waals surface area contributed by atoms with Crippen molar-refractivity contribution in [2.24, 2.45) is 0 Å². The summed E-state index contributed by atoms with van der Waals surface area (Å²) in [6, 6.07) is -1.38. The number of carboxylic acid groups (broad SMARTS) is 1. The lowest BCUT2D eigenvalue weighted by molar-refractivity contribution is -0.141. The molecule has 1 aromatic heterocycles. The van der Waals surface area contributed by atoms with E-state index >= 15 is 0 Å². The van der Waals surface area contributed by atoms with Crippen molar-refractivity contribution in [2.45, 2.75) is 32.4 Å². The van der Waals surface area contributed by atoms with Crippen LogP contribution in [0, 0.1) is 0 Å². The second-order valence-electron chi connectivity index (χ2n) is 3.49. The predicted octanol–water partition coefficient (Wildman–Crippen LogP) is -1.07. The number of aliphatic hydroxyl groups excluding tert-OH is 1. The molecule has 94 valence electrons. The van der Waals surface area contributed by atoms with Gasteiger partial charge in [0, 0.05) is 6.42 Å². The number of carbonyl (C=O) groups excluding carboxylic acids is 1. The molecule has 0 fully saturated rings. The molecule has 17 heavy (non-hydrogen) atoms. The van der Waals surface area contributed by atoms with Gasteiger partial charge in [-0.1, -0.05) is 6.92 Å². The summed E-state index contributed by atoms with van der Waals surface area (Å²) in [5.74, 6) is -1.68. The molecule has 0 aliphatic heterocycles. The lowest BCUT2D eigenvalue weighted by Crippen LogP contribution is -2.47. The Morgan fingerprint density at radius 3 is 2.59 bits per heavy atom. The molecule has 0 spiro atoms. The molecule has 0 aliphatic carbocycles. The van der Waals surface area contributed by atoms with E-state index in [0.29, 0.717) is 12.2 Å². The average Bonchev–Trinajstić information content (AvgIpc) is 2.73. The minimum Gasteiger partial charge on any atom is -0.480 e. The zero-order valence-electron chi connectivity index (χ0n) is 9.47. The van der Waals surface area contributed by atoms with Gasteiger partial charge in [-0.3, -0.25) is 9.89 Å². The predicted molar refractivity (Wildman–Crippen MR) is 56.3 cm³/mol. The molecule has 2 atom stereocenters. The van der Waals surface area contributed by atoms with E-state index in [1.165, 1.54) is 6.92 Å². The third kappa shape index (κ3) is 3.25. The third-order valence-electron chi connectivity index (χ3n) is 2.10. The summed E-state index contributed by atoms with van der Waals surface area (Å²) in [6.07, 6.45) is -0.625. The van der Waals surface area contributed by atoms with Gasteiger partial charge in [0.05, 0.1) is 6.10 Å². The fourth-order valence-corrected chi connectivity index (χ4v) is 1.15. The molecule has 0 aromatic carbocycles. The van der Waals surface area contributed by atoms with Crippen LogP contribution in [0.3, 0.4) is 0 Å². The maximum absolute atomic E-state index is 11.6. The largest absolute Gasteiger partial charge is 0.480 e. The maximum Gasteiger partial charge on any atom is 0.328 e. The van der Waals surface area contributed by atoms with Crippen molar-refractivity contribution in [1.29, 1.82) is 0 Å². The number of nitrogens with zero attached hydrogens (tertiary/aromatic N) is 2. The number of aryl methyl sites for hydroxylation is 1.